The zero-order valence-electron chi connectivity index (χ0n) is 18.4. The number of ketones is 1. The first-order valence-electron chi connectivity index (χ1n) is 10.5. The molecule has 34 heavy (non-hydrogen) atoms. The number of hydrogen-bond donors (Lipinski definition) is 1. The minimum absolute atomic E-state index is 0.103. The molecule has 6 nitrogen and oxygen atoms in total. The van der Waals surface area contributed by atoms with E-state index in [9.17, 15) is 14.7 Å². The lowest BCUT2D eigenvalue weighted by Crippen LogP contribution is -2.29. The number of carbonyl (C=O) groups is 2. The molecule has 4 rings (SSSR count). The van der Waals surface area contributed by atoms with Gasteiger partial charge in [0, 0.05) is 16.3 Å². The van der Waals surface area contributed by atoms with Crippen molar-refractivity contribution in [3.05, 3.63) is 93.5 Å². The Morgan fingerprint density at radius 1 is 1.00 bits per heavy atom. The van der Waals surface area contributed by atoms with Gasteiger partial charge in [-0.1, -0.05) is 41.4 Å². The van der Waals surface area contributed by atoms with Crippen LogP contribution in [0.2, 0.25) is 10.0 Å². The second-order valence-electron chi connectivity index (χ2n) is 7.50. The Morgan fingerprint density at radius 3 is 2.47 bits per heavy atom. The average Bonchev–Trinajstić information content (AvgIpc) is 3.10. The fraction of sp³-hybridized carbons (Fsp3) is 0.154. The maximum Gasteiger partial charge on any atom is 0.300 e. The number of benzene rings is 3. The second kappa shape index (κ2) is 9.79. The van der Waals surface area contributed by atoms with Crippen LogP contribution in [0.4, 0.5) is 5.69 Å². The third-order valence-electron chi connectivity index (χ3n) is 5.44. The number of rotatable bonds is 6. The summed E-state index contributed by atoms with van der Waals surface area (Å²) in [6.45, 7) is 2.30. The van der Waals surface area contributed by atoms with E-state index >= 15 is 0 Å². The van der Waals surface area contributed by atoms with Crippen molar-refractivity contribution in [3.63, 3.8) is 0 Å². The number of ether oxygens (including phenoxy) is 2. The van der Waals surface area contributed by atoms with Gasteiger partial charge < -0.3 is 14.6 Å². The smallest absolute Gasteiger partial charge is 0.300 e. The SMILES string of the molecule is CCOc1cccc(C2/C(=C(\O)c3cc(OC)ccc3Cl)C(=O)C(=O)N2c2cccc(Cl)c2)c1. The van der Waals surface area contributed by atoms with Crippen LogP contribution < -0.4 is 14.4 Å². The molecule has 3 aromatic rings. The first-order valence-corrected chi connectivity index (χ1v) is 11.2. The molecule has 1 unspecified atom stereocenters. The van der Waals surface area contributed by atoms with Crippen LogP contribution in [0.5, 0.6) is 11.5 Å². The van der Waals surface area contributed by atoms with Gasteiger partial charge in [0.05, 0.1) is 30.4 Å². The lowest BCUT2D eigenvalue weighted by Gasteiger charge is -2.26. The molecule has 1 aliphatic rings. The minimum Gasteiger partial charge on any atom is -0.507 e. The van der Waals surface area contributed by atoms with E-state index in [2.05, 4.69) is 0 Å². The molecular weight excluding hydrogens is 477 g/mol. The van der Waals surface area contributed by atoms with E-state index < -0.39 is 23.5 Å². The van der Waals surface area contributed by atoms with Crippen molar-refractivity contribution < 1.29 is 24.2 Å². The Labute approximate surface area is 206 Å². The molecule has 0 aliphatic carbocycles. The maximum absolute atomic E-state index is 13.3. The maximum atomic E-state index is 13.3. The molecule has 8 heteroatoms. The van der Waals surface area contributed by atoms with E-state index in [-0.39, 0.29) is 16.2 Å². The van der Waals surface area contributed by atoms with E-state index in [4.69, 9.17) is 32.7 Å². The van der Waals surface area contributed by atoms with Gasteiger partial charge in [-0.15, -0.1) is 0 Å². The van der Waals surface area contributed by atoms with Crippen molar-refractivity contribution in [2.24, 2.45) is 0 Å². The number of amides is 1. The molecule has 1 fully saturated rings. The first-order chi connectivity index (χ1) is 16.3. The zero-order valence-corrected chi connectivity index (χ0v) is 19.9. The number of halogens is 2. The molecule has 0 aromatic heterocycles. The third-order valence-corrected chi connectivity index (χ3v) is 6.01. The van der Waals surface area contributed by atoms with Crippen LogP contribution in [-0.4, -0.2) is 30.5 Å². The van der Waals surface area contributed by atoms with E-state index in [0.29, 0.717) is 34.4 Å². The van der Waals surface area contributed by atoms with E-state index in [1.54, 1.807) is 60.7 Å². The third kappa shape index (κ3) is 4.34. The number of methoxy groups -OCH3 is 1. The van der Waals surface area contributed by atoms with Gasteiger partial charge in [-0.25, -0.2) is 0 Å². The molecule has 1 N–H and O–H groups in total. The van der Waals surface area contributed by atoms with Crippen LogP contribution in [0, 0.1) is 0 Å². The summed E-state index contributed by atoms with van der Waals surface area (Å²) in [5.41, 5.74) is 1.06. The Kier molecular flexibility index (Phi) is 6.82. The number of aliphatic hydroxyl groups is 1. The standard InChI is InChI=1S/C26H21Cl2NO5/c1-3-34-19-9-4-6-15(12-19)23-22(24(30)20-14-18(33-2)10-11-21(20)28)25(31)26(32)29(23)17-8-5-7-16(27)13-17/h4-14,23,30H,3H2,1-2H3/b24-22+. The normalized spacial score (nSPS) is 17.2. The van der Waals surface area contributed by atoms with Gasteiger partial charge in [0.2, 0.25) is 0 Å². The minimum atomic E-state index is -0.943. The van der Waals surface area contributed by atoms with Crippen molar-refractivity contribution in [1.29, 1.82) is 0 Å². The summed E-state index contributed by atoms with van der Waals surface area (Å²) in [5, 5.41) is 11.9. The Bertz CT molecular complexity index is 1300. The van der Waals surface area contributed by atoms with E-state index in [1.807, 2.05) is 6.92 Å². The van der Waals surface area contributed by atoms with Crippen LogP contribution in [0.25, 0.3) is 5.76 Å². The summed E-state index contributed by atoms with van der Waals surface area (Å²) in [5.74, 6) is -1.04. The molecule has 1 saturated heterocycles. The lowest BCUT2D eigenvalue weighted by molar-refractivity contribution is -0.132. The van der Waals surface area contributed by atoms with Crippen molar-refractivity contribution in [2.45, 2.75) is 13.0 Å². The Balaban J connectivity index is 1.98. The van der Waals surface area contributed by atoms with Crippen LogP contribution >= 0.6 is 23.2 Å². The fourth-order valence-corrected chi connectivity index (χ4v) is 4.33. The van der Waals surface area contributed by atoms with Crippen LogP contribution in [0.3, 0.4) is 0 Å². The Morgan fingerprint density at radius 2 is 1.76 bits per heavy atom. The van der Waals surface area contributed by atoms with Crippen LogP contribution in [0.15, 0.2) is 72.3 Å². The zero-order chi connectivity index (χ0) is 24.4. The lowest BCUT2D eigenvalue weighted by atomic mass is 9.95. The summed E-state index contributed by atoms with van der Waals surface area (Å²) < 4.78 is 10.9. The number of aliphatic hydroxyl groups excluding tert-OH is 1. The average molecular weight is 498 g/mol. The van der Waals surface area contributed by atoms with Gasteiger partial charge in [-0.2, -0.15) is 0 Å². The molecule has 1 atom stereocenters. The topological polar surface area (TPSA) is 76.1 Å². The molecule has 1 heterocycles. The highest BCUT2D eigenvalue weighted by atomic mass is 35.5. The molecule has 0 radical (unpaired) electrons. The van der Waals surface area contributed by atoms with Gasteiger partial charge in [-0.05, 0) is 61.0 Å². The van der Waals surface area contributed by atoms with Gasteiger partial charge in [0.25, 0.3) is 11.7 Å². The number of anilines is 1. The van der Waals surface area contributed by atoms with Gasteiger partial charge in [0.1, 0.15) is 17.3 Å². The van der Waals surface area contributed by atoms with Crippen molar-refractivity contribution in [2.75, 3.05) is 18.6 Å². The van der Waals surface area contributed by atoms with E-state index in [1.165, 1.54) is 18.1 Å². The second-order valence-corrected chi connectivity index (χ2v) is 8.34. The fourth-order valence-electron chi connectivity index (χ4n) is 3.94. The van der Waals surface area contributed by atoms with Crippen LogP contribution in [-0.2, 0) is 9.59 Å². The predicted octanol–water partition coefficient (Wildman–Crippen LogP) is 6.03. The summed E-state index contributed by atoms with van der Waals surface area (Å²) in [4.78, 5) is 27.9. The number of nitrogens with zero attached hydrogens (tertiary/aromatic N) is 1. The highest BCUT2D eigenvalue weighted by Crippen LogP contribution is 2.44. The Hall–Kier alpha value is -3.48. The number of Topliss-reactive ketones (excluding diaryl/α,β-unsaturated/α-hetero) is 1. The quantitative estimate of drug-likeness (QED) is 0.255. The molecular formula is C26H21Cl2NO5. The largest absolute Gasteiger partial charge is 0.507 e. The molecule has 0 saturated carbocycles. The highest BCUT2D eigenvalue weighted by Gasteiger charge is 2.47. The van der Waals surface area contributed by atoms with Gasteiger partial charge >= 0.3 is 0 Å². The summed E-state index contributed by atoms with van der Waals surface area (Å²) >= 11 is 12.5. The van der Waals surface area contributed by atoms with Crippen LogP contribution in [0.1, 0.15) is 24.1 Å². The molecule has 1 aliphatic heterocycles. The van der Waals surface area contributed by atoms with Crippen molar-refractivity contribution in [3.8, 4) is 11.5 Å². The van der Waals surface area contributed by atoms with Crippen molar-refractivity contribution >= 4 is 46.3 Å². The summed E-state index contributed by atoms with van der Waals surface area (Å²) in [6.07, 6.45) is 0. The number of carbonyl (C=O) groups excluding carboxylic acids is 2. The summed E-state index contributed by atoms with van der Waals surface area (Å²) in [6, 6.07) is 17.4. The van der Waals surface area contributed by atoms with Crippen molar-refractivity contribution in [1.82, 2.24) is 0 Å². The molecule has 0 bridgehead atoms. The van der Waals surface area contributed by atoms with Gasteiger partial charge in [0.15, 0.2) is 0 Å². The molecule has 3 aromatic carbocycles. The predicted molar refractivity (Wildman–Crippen MR) is 132 cm³/mol. The van der Waals surface area contributed by atoms with Gasteiger partial charge in [-0.3, -0.25) is 14.5 Å². The monoisotopic (exact) mass is 497 g/mol. The first kappa shape index (κ1) is 23.7. The van der Waals surface area contributed by atoms with E-state index in [0.717, 1.165) is 0 Å². The molecule has 0 spiro atoms. The number of hydrogen-bond acceptors (Lipinski definition) is 5. The molecule has 174 valence electrons. The molecule has 1 amide bonds. The highest BCUT2D eigenvalue weighted by molar-refractivity contribution is 6.52. The summed E-state index contributed by atoms with van der Waals surface area (Å²) in [7, 11) is 1.48.